The monoisotopic (exact) mass is 406 g/mol. The number of rotatable bonds is 6. The quantitative estimate of drug-likeness (QED) is 0.778. The molecule has 0 amide bonds. The van der Waals surface area contributed by atoms with Crippen molar-refractivity contribution in [3.8, 4) is 0 Å². The molecule has 1 N–H and O–H groups in total. The molecule has 0 radical (unpaired) electrons. The molecule has 2 aromatic carbocycles. The van der Waals surface area contributed by atoms with E-state index >= 15 is 0 Å². The van der Waals surface area contributed by atoms with Crippen LogP contribution in [-0.4, -0.2) is 55.5 Å². The van der Waals surface area contributed by atoms with Gasteiger partial charge in [-0.15, -0.1) is 12.4 Å². The van der Waals surface area contributed by atoms with Crippen LogP contribution in [0.4, 0.5) is 11.4 Å². The normalized spacial score (nSPS) is 17.1. The fraction of sp³-hybridized carbons (Fsp3) is 0.429. The van der Waals surface area contributed by atoms with Crippen molar-refractivity contribution in [2.75, 3.05) is 44.3 Å². The molecule has 1 saturated heterocycles. The summed E-state index contributed by atoms with van der Waals surface area (Å²) in [6.07, 6.45) is 2.43. The van der Waals surface area contributed by atoms with Crippen LogP contribution < -0.4 is 4.90 Å². The summed E-state index contributed by atoms with van der Waals surface area (Å²) >= 11 is 1.86. The first-order valence-electron chi connectivity index (χ1n) is 9.43. The molecule has 2 heterocycles. The lowest BCUT2D eigenvalue weighted by atomic mass is 10.1. The second-order valence-electron chi connectivity index (χ2n) is 6.82. The molecule has 0 bridgehead atoms. The molecule has 0 aromatic heterocycles. The predicted molar refractivity (Wildman–Crippen MR) is 114 cm³/mol. The number of halogens is 1. The van der Waals surface area contributed by atoms with Gasteiger partial charge in [0, 0.05) is 36.0 Å². The number of para-hydroxylation sites is 2. The molecule has 0 saturated carbocycles. The molecular weight excluding hydrogens is 380 g/mol. The lowest BCUT2D eigenvalue weighted by Crippen LogP contribution is -2.41. The fourth-order valence-electron chi connectivity index (χ4n) is 3.78. The fourth-order valence-corrected chi connectivity index (χ4v) is 4.88. The van der Waals surface area contributed by atoms with E-state index in [-0.39, 0.29) is 19.0 Å². The number of aliphatic hydroxyl groups is 1. The minimum absolute atomic E-state index is 0. The standard InChI is InChI=1S/C21H26N2O2S.ClH/c24-15-16-25-17-9-11-22(12-10-17)13-14-23-18-5-1-3-7-20(18)26-21-8-4-2-6-19(21)23;/h1-8,17,24H,9-16H2;1H. The Bertz CT molecular complexity index is 692. The third kappa shape index (κ3) is 4.79. The average Bonchev–Trinajstić information content (AvgIpc) is 2.70. The number of piperidine rings is 1. The van der Waals surface area contributed by atoms with E-state index in [4.69, 9.17) is 9.84 Å². The Morgan fingerprint density at radius 3 is 2.11 bits per heavy atom. The van der Waals surface area contributed by atoms with Crippen LogP contribution in [0, 0.1) is 0 Å². The van der Waals surface area contributed by atoms with E-state index in [2.05, 4.69) is 58.3 Å². The third-order valence-electron chi connectivity index (χ3n) is 5.15. The van der Waals surface area contributed by atoms with Crippen LogP contribution in [0.1, 0.15) is 12.8 Å². The van der Waals surface area contributed by atoms with Crippen molar-refractivity contribution >= 4 is 35.5 Å². The Balaban J connectivity index is 0.00000210. The molecule has 4 nitrogen and oxygen atoms in total. The maximum Gasteiger partial charge on any atom is 0.0701 e. The van der Waals surface area contributed by atoms with Gasteiger partial charge >= 0.3 is 0 Å². The van der Waals surface area contributed by atoms with Gasteiger partial charge in [-0.2, -0.15) is 0 Å². The van der Waals surface area contributed by atoms with Crippen molar-refractivity contribution in [3.05, 3.63) is 48.5 Å². The minimum atomic E-state index is 0. The highest BCUT2D eigenvalue weighted by Crippen LogP contribution is 2.47. The molecule has 0 unspecified atom stereocenters. The zero-order valence-electron chi connectivity index (χ0n) is 15.4. The van der Waals surface area contributed by atoms with Crippen LogP contribution >= 0.6 is 24.2 Å². The molecule has 0 aliphatic carbocycles. The Labute approximate surface area is 171 Å². The molecule has 2 aliphatic rings. The average molecular weight is 407 g/mol. The number of hydrogen-bond acceptors (Lipinski definition) is 5. The van der Waals surface area contributed by atoms with Crippen LogP contribution in [0.2, 0.25) is 0 Å². The van der Waals surface area contributed by atoms with E-state index < -0.39 is 0 Å². The summed E-state index contributed by atoms with van der Waals surface area (Å²) in [5.41, 5.74) is 2.63. The predicted octanol–water partition coefficient (Wildman–Crippen LogP) is 4.18. The Morgan fingerprint density at radius 1 is 0.926 bits per heavy atom. The van der Waals surface area contributed by atoms with Crippen LogP contribution in [0.5, 0.6) is 0 Å². The molecule has 27 heavy (non-hydrogen) atoms. The van der Waals surface area contributed by atoms with Gasteiger partial charge in [-0.1, -0.05) is 36.0 Å². The Kier molecular flexibility index (Phi) is 7.44. The van der Waals surface area contributed by atoms with Crippen LogP contribution in [0.15, 0.2) is 58.3 Å². The summed E-state index contributed by atoms with van der Waals surface area (Å²) in [7, 11) is 0. The van der Waals surface area contributed by atoms with Crippen LogP contribution in [-0.2, 0) is 4.74 Å². The van der Waals surface area contributed by atoms with Crippen LogP contribution in [0.25, 0.3) is 0 Å². The maximum absolute atomic E-state index is 8.89. The molecule has 146 valence electrons. The van der Waals surface area contributed by atoms with Gasteiger partial charge in [0.1, 0.15) is 0 Å². The summed E-state index contributed by atoms with van der Waals surface area (Å²) < 4.78 is 5.68. The summed E-state index contributed by atoms with van der Waals surface area (Å²) in [6.45, 7) is 4.77. The van der Waals surface area contributed by atoms with Crippen molar-refractivity contribution in [2.24, 2.45) is 0 Å². The van der Waals surface area contributed by atoms with Crippen molar-refractivity contribution in [1.29, 1.82) is 0 Å². The number of ether oxygens (including phenoxy) is 1. The van der Waals surface area contributed by atoms with Crippen LogP contribution in [0.3, 0.4) is 0 Å². The smallest absolute Gasteiger partial charge is 0.0701 e. The molecular formula is C21H27ClN2O2S. The van der Waals surface area contributed by atoms with Crippen molar-refractivity contribution < 1.29 is 9.84 Å². The van der Waals surface area contributed by atoms with Gasteiger partial charge in [-0.25, -0.2) is 0 Å². The summed E-state index contributed by atoms with van der Waals surface area (Å²) in [6, 6.07) is 17.4. The minimum Gasteiger partial charge on any atom is -0.394 e. The molecule has 2 aromatic rings. The number of nitrogens with zero attached hydrogens (tertiary/aromatic N) is 2. The number of anilines is 2. The molecule has 0 spiro atoms. The zero-order chi connectivity index (χ0) is 17.8. The van der Waals surface area contributed by atoms with Gasteiger partial charge in [-0.3, -0.25) is 0 Å². The first-order valence-corrected chi connectivity index (χ1v) is 10.2. The van der Waals surface area contributed by atoms with E-state index in [0.29, 0.717) is 12.7 Å². The number of aliphatic hydroxyl groups excluding tert-OH is 1. The number of fused-ring (bicyclic) bond motifs is 2. The largest absolute Gasteiger partial charge is 0.394 e. The van der Waals surface area contributed by atoms with Crippen molar-refractivity contribution in [3.63, 3.8) is 0 Å². The molecule has 2 aliphatic heterocycles. The van der Waals surface area contributed by atoms with Gasteiger partial charge in [0.2, 0.25) is 0 Å². The first-order chi connectivity index (χ1) is 12.8. The number of likely N-dealkylation sites (tertiary alicyclic amines) is 1. The van der Waals surface area contributed by atoms with Crippen molar-refractivity contribution in [2.45, 2.75) is 28.7 Å². The van der Waals surface area contributed by atoms with Crippen molar-refractivity contribution in [1.82, 2.24) is 4.90 Å². The first kappa shape index (κ1) is 20.5. The highest BCUT2D eigenvalue weighted by atomic mass is 35.5. The van der Waals surface area contributed by atoms with E-state index in [0.717, 1.165) is 39.0 Å². The summed E-state index contributed by atoms with van der Waals surface area (Å²) in [4.78, 5) is 7.67. The van der Waals surface area contributed by atoms with Gasteiger partial charge in [0.25, 0.3) is 0 Å². The molecule has 1 fully saturated rings. The van der Waals surface area contributed by atoms with E-state index in [1.807, 2.05) is 11.8 Å². The Morgan fingerprint density at radius 2 is 1.52 bits per heavy atom. The second-order valence-corrected chi connectivity index (χ2v) is 7.91. The van der Waals surface area contributed by atoms with E-state index in [1.54, 1.807) is 0 Å². The zero-order valence-corrected chi connectivity index (χ0v) is 17.1. The highest BCUT2D eigenvalue weighted by molar-refractivity contribution is 7.99. The molecule has 6 heteroatoms. The number of benzene rings is 2. The molecule has 0 atom stereocenters. The van der Waals surface area contributed by atoms with E-state index in [9.17, 15) is 0 Å². The van der Waals surface area contributed by atoms with Gasteiger partial charge in [0.15, 0.2) is 0 Å². The topological polar surface area (TPSA) is 35.9 Å². The summed E-state index contributed by atoms with van der Waals surface area (Å²) in [5, 5.41) is 8.89. The third-order valence-corrected chi connectivity index (χ3v) is 6.28. The number of hydrogen-bond donors (Lipinski definition) is 1. The SMILES string of the molecule is Cl.OCCOC1CCN(CCN2c3ccccc3Sc3ccccc32)CC1. The van der Waals surface area contributed by atoms with Gasteiger partial charge in [0.05, 0.1) is 30.7 Å². The Hall–Kier alpha value is -1.24. The lowest BCUT2D eigenvalue weighted by molar-refractivity contribution is -0.00717. The van der Waals surface area contributed by atoms with Gasteiger partial charge < -0.3 is 19.6 Å². The maximum atomic E-state index is 8.89. The summed E-state index contributed by atoms with van der Waals surface area (Å²) in [5.74, 6) is 0. The lowest BCUT2D eigenvalue weighted by Gasteiger charge is -2.36. The highest BCUT2D eigenvalue weighted by Gasteiger charge is 2.24. The molecule has 4 rings (SSSR count). The van der Waals surface area contributed by atoms with E-state index in [1.165, 1.54) is 21.2 Å². The second kappa shape index (κ2) is 9.80. The van der Waals surface area contributed by atoms with Gasteiger partial charge in [-0.05, 0) is 37.1 Å².